The van der Waals surface area contributed by atoms with Crippen molar-refractivity contribution in [3.05, 3.63) is 42.0 Å². The first-order chi connectivity index (χ1) is 15.5. The van der Waals surface area contributed by atoms with Crippen molar-refractivity contribution < 1.29 is 4.42 Å². The third-order valence-electron chi connectivity index (χ3n) is 7.17. The highest BCUT2D eigenvalue weighted by Gasteiger charge is 2.60. The largest absolute Gasteiger partial charge is 0.440 e. The summed E-state index contributed by atoms with van der Waals surface area (Å²) in [6.45, 7) is 5.44. The summed E-state index contributed by atoms with van der Waals surface area (Å²) in [6.07, 6.45) is 5.90. The second kappa shape index (κ2) is 7.45. The normalized spacial score (nSPS) is 22.7. The molecule has 4 heterocycles. The number of nitrogens with zero attached hydrogens (tertiary/aromatic N) is 7. The van der Waals surface area contributed by atoms with Gasteiger partial charge >= 0.3 is 0 Å². The van der Waals surface area contributed by atoms with E-state index in [4.69, 9.17) is 4.42 Å². The molecular formula is C23H27N7OS. The van der Waals surface area contributed by atoms with Crippen molar-refractivity contribution in [2.24, 2.45) is 20.0 Å². The van der Waals surface area contributed by atoms with Crippen LogP contribution in [0.15, 0.2) is 40.4 Å². The predicted molar refractivity (Wildman–Crippen MR) is 124 cm³/mol. The van der Waals surface area contributed by atoms with Crippen LogP contribution in [0.2, 0.25) is 0 Å². The molecule has 1 aliphatic heterocycles. The lowest BCUT2D eigenvalue weighted by Gasteiger charge is -2.21. The highest BCUT2D eigenvalue weighted by Crippen LogP contribution is 2.59. The summed E-state index contributed by atoms with van der Waals surface area (Å²) < 4.78 is 9.41. The molecule has 0 spiro atoms. The van der Waals surface area contributed by atoms with Gasteiger partial charge in [-0.15, -0.1) is 10.2 Å². The molecule has 0 radical (unpaired) electrons. The summed E-state index contributed by atoms with van der Waals surface area (Å²) in [4.78, 5) is 6.79. The van der Waals surface area contributed by atoms with E-state index in [9.17, 15) is 0 Å². The zero-order chi connectivity index (χ0) is 21.9. The molecule has 32 heavy (non-hydrogen) atoms. The molecule has 0 bridgehead atoms. The quantitative estimate of drug-likeness (QED) is 0.316. The Labute approximate surface area is 191 Å². The van der Waals surface area contributed by atoms with Crippen LogP contribution in [0, 0.1) is 12.8 Å². The molecule has 1 aromatic carbocycles. The Morgan fingerprint density at radius 1 is 1.25 bits per heavy atom. The Balaban J connectivity index is 1.04. The molecule has 2 aliphatic rings. The third kappa shape index (κ3) is 3.17. The van der Waals surface area contributed by atoms with Gasteiger partial charge in [0.2, 0.25) is 5.82 Å². The molecule has 2 fully saturated rings. The molecule has 1 saturated carbocycles. The standard InChI is InChI=1S/C23H27N7OS/c1-15-20(31-14-24-15)21-26-27-22(28(21)2)32-8-4-7-30-12-18-10-23(18,13-30)17-5-6-19-16(9-17)11-25-29(19)3/h5-6,9,11,14,18H,4,7-8,10,12-13H2,1-3H3/t18-,23-/m0/s1. The summed E-state index contributed by atoms with van der Waals surface area (Å²) in [5, 5.41) is 15.2. The number of likely N-dealkylation sites (tertiary alicyclic amines) is 1. The highest BCUT2D eigenvalue weighted by atomic mass is 32.2. The van der Waals surface area contributed by atoms with Crippen LogP contribution < -0.4 is 0 Å². The van der Waals surface area contributed by atoms with E-state index in [1.807, 2.05) is 36.5 Å². The van der Waals surface area contributed by atoms with E-state index in [2.05, 4.69) is 43.4 Å². The first-order valence-corrected chi connectivity index (χ1v) is 12.1. The van der Waals surface area contributed by atoms with Gasteiger partial charge in [0.05, 0.1) is 17.4 Å². The number of rotatable bonds is 7. The van der Waals surface area contributed by atoms with Gasteiger partial charge in [0.25, 0.3) is 0 Å². The molecule has 1 aliphatic carbocycles. The lowest BCUT2D eigenvalue weighted by atomic mass is 9.94. The van der Waals surface area contributed by atoms with Crippen LogP contribution in [0.25, 0.3) is 22.5 Å². The fourth-order valence-corrected chi connectivity index (χ4v) is 6.12. The Morgan fingerprint density at radius 3 is 3.00 bits per heavy atom. The van der Waals surface area contributed by atoms with Crippen LogP contribution in [0.4, 0.5) is 0 Å². The zero-order valence-corrected chi connectivity index (χ0v) is 19.5. The van der Waals surface area contributed by atoms with Crippen LogP contribution in [0.1, 0.15) is 24.1 Å². The zero-order valence-electron chi connectivity index (χ0n) is 18.7. The van der Waals surface area contributed by atoms with Crippen molar-refractivity contribution in [1.82, 2.24) is 34.4 Å². The number of hydrogen-bond acceptors (Lipinski definition) is 7. The number of thioether (sulfide) groups is 1. The maximum Gasteiger partial charge on any atom is 0.202 e. The molecule has 4 aromatic rings. The average Bonchev–Trinajstić information content (AvgIpc) is 3.21. The van der Waals surface area contributed by atoms with Crippen molar-refractivity contribution in [2.75, 3.05) is 25.4 Å². The van der Waals surface area contributed by atoms with Gasteiger partial charge < -0.3 is 13.9 Å². The molecule has 0 N–H and O–H groups in total. The number of piperidine rings is 1. The van der Waals surface area contributed by atoms with Crippen molar-refractivity contribution in [1.29, 1.82) is 0 Å². The van der Waals surface area contributed by atoms with Crippen LogP contribution in [-0.4, -0.2) is 59.8 Å². The van der Waals surface area contributed by atoms with Crippen LogP contribution in [0.3, 0.4) is 0 Å². The van der Waals surface area contributed by atoms with Gasteiger partial charge in [0.15, 0.2) is 17.3 Å². The predicted octanol–water partition coefficient (Wildman–Crippen LogP) is 3.42. The summed E-state index contributed by atoms with van der Waals surface area (Å²) >= 11 is 1.76. The third-order valence-corrected chi connectivity index (χ3v) is 8.28. The van der Waals surface area contributed by atoms with E-state index in [-0.39, 0.29) is 0 Å². The fraction of sp³-hybridized carbons (Fsp3) is 0.478. The summed E-state index contributed by atoms with van der Waals surface area (Å²) in [5.41, 5.74) is 3.90. The number of hydrogen-bond donors (Lipinski definition) is 0. The Morgan fingerprint density at radius 2 is 2.16 bits per heavy atom. The van der Waals surface area contributed by atoms with Gasteiger partial charge in [0, 0.05) is 43.7 Å². The topological polar surface area (TPSA) is 77.8 Å². The van der Waals surface area contributed by atoms with E-state index in [0.717, 1.165) is 41.3 Å². The second-order valence-corrected chi connectivity index (χ2v) is 10.2. The van der Waals surface area contributed by atoms with Crippen LogP contribution in [-0.2, 0) is 19.5 Å². The SMILES string of the molecule is Cc1ncoc1-c1nnc(SCCCN2C[C@@H]3C[C@@]3(c3ccc4c(cnn4C)c3)C2)n1C. The molecule has 0 unspecified atom stereocenters. The molecule has 2 atom stereocenters. The van der Waals surface area contributed by atoms with Crippen molar-refractivity contribution in [2.45, 2.75) is 30.3 Å². The van der Waals surface area contributed by atoms with Crippen LogP contribution in [0.5, 0.6) is 0 Å². The van der Waals surface area contributed by atoms with Gasteiger partial charge in [-0.1, -0.05) is 17.8 Å². The van der Waals surface area contributed by atoms with E-state index < -0.39 is 0 Å². The monoisotopic (exact) mass is 449 g/mol. The molecule has 9 heteroatoms. The average molecular weight is 450 g/mol. The van der Waals surface area contributed by atoms with E-state index >= 15 is 0 Å². The smallest absolute Gasteiger partial charge is 0.202 e. The van der Waals surface area contributed by atoms with Crippen LogP contribution >= 0.6 is 11.8 Å². The van der Waals surface area contributed by atoms with Crippen molar-refractivity contribution in [3.8, 4) is 11.6 Å². The van der Waals surface area contributed by atoms with Gasteiger partial charge in [0.1, 0.15) is 0 Å². The van der Waals surface area contributed by atoms with E-state index in [1.54, 1.807) is 11.8 Å². The van der Waals surface area contributed by atoms with Crippen molar-refractivity contribution in [3.63, 3.8) is 0 Å². The van der Waals surface area contributed by atoms with Gasteiger partial charge in [-0.25, -0.2) is 4.98 Å². The summed E-state index contributed by atoms with van der Waals surface area (Å²) in [5.74, 6) is 3.25. The summed E-state index contributed by atoms with van der Waals surface area (Å²) in [7, 11) is 3.99. The second-order valence-electron chi connectivity index (χ2n) is 9.17. The Hall–Kier alpha value is -2.65. The fourth-order valence-electron chi connectivity index (χ4n) is 5.28. The van der Waals surface area contributed by atoms with E-state index in [1.165, 1.54) is 42.4 Å². The summed E-state index contributed by atoms with van der Waals surface area (Å²) in [6, 6.07) is 6.92. The lowest BCUT2D eigenvalue weighted by Crippen LogP contribution is -2.27. The highest BCUT2D eigenvalue weighted by molar-refractivity contribution is 7.99. The Kier molecular flexibility index (Phi) is 4.65. The maximum absolute atomic E-state index is 5.47. The number of aryl methyl sites for hydroxylation is 2. The first kappa shape index (κ1) is 20.0. The number of benzene rings is 1. The van der Waals surface area contributed by atoms with Crippen molar-refractivity contribution >= 4 is 22.7 Å². The van der Waals surface area contributed by atoms with E-state index in [0.29, 0.717) is 11.2 Å². The minimum atomic E-state index is 0.366. The molecule has 166 valence electrons. The minimum absolute atomic E-state index is 0.366. The van der Waals surface area contributed by atoms with Gasteiger partial charge in [-0.3, -0.25) is 4.68 Å². The molecular weight excluding hydrogens is 422 g/mol. The number of fused-ring (bicyclic) bond motifs is 2. The Bertz CT molecular complexity index is 1290. The van der Waals surface area contributed by atoms with Gasteiger partial charge in [-0.2, -0.15) is 5.10 Å². The molecule has 6 rings (SSSR count). The molecule has 1 saturated heterocycles. The lowest BCUT2D eigenvalue weighted by molar-refractivity contribution is 0.299. The molecule has 0 amide bonds. The first-order valence-electron chi connectivity index (χ1n) is 11.1. The maximum atomic E-state index is 5.47. The van der Waals surface area contributed by atoms with Gasteiger partial charge in [-0.05, 0) is 49.9 Å². The molecule has 3 aromatic heterocycles. The minimum Gasteiger partial charge on any atom is -0.440 e. The number of aromatic nitrogens is 6. The number of oxazole rings is 1. The molecule has 8 nitrogen and oxygen atoms in total.